The maximum absolute atomic E-state index is 12.8. The zero-order valence-corrected chi connectivity index (χ0v) is 17.2. The number of carbonyl (C=O) groups excluding carboxylic acids is 3. The highest BCUT2D eigenvalue weighted by molar-refractivity contribution is 5.96. The molecule has 170 valence electrons. The quantitative estimate of drug-likeness (QED) is 0.224. The van der Waals surface area contributed by atoms with Crippen molar-refractivity contribution in [2.45, 2.75) is 70.3 Å². The summed E-state index contributed by atoms with van der Waals surface area (Å²) in [5, 5.41) is 32.8. The molecule has 1 aliphatic heterocycles. The Bertz CT molecular complexity index is 681. The van der Waals surface area contributed by atoms with Gasteiger partial charge in [-0.1, -0.05) is 13.8 Å². The summed E-state index contributed by atoms with van der Waals surface area (Å²) in [5.74, 6) is -5.40. The molecule has 0 spiro atoms. The van der Waals surface area contributed by atoms with Crippen LogP contribution in [0.15, 0.2) is 0 Å². The number of rotatable bonds is 10. The van der Waals surface area contributed by atoms with Crippen molar-refractivity contribution in [3.63, 3.8) is 0 Å². The van der Waals surface area contributed by atoms with Crippen LogP contribution in [0.1, 0.15) is 40.0 Å². The molecule has 1 rings (SSSR count). The van der Waals surface area contributed by atoms with Crippen LogP contribution < -0.4 is 16.4 Å². The summed E-state index contributed by atoms with van der Waals surface area (Å²) in [4.78, 5) is 61.1. The van der Waals surface area contributed by atoms with Crippen molar-refractivity contribution in [2.75, 3.05) is 6.54 Å². The fraction of sp³-hybridized carbons (Fsp3) is 0.722. The molecule has 0 aromatic heterocycles. The van der Waals surface area contributed by atoms with Crippen molar-refractivity contribution in [1.82, 2.24) is 15.5 Å². The van der Waals surface area contributed by atoms with E-state index in [2.05, 4.69) is 10.6 Å². The average Bonchev–Trinajstić information content (AvgIpc) is 3.13. The Morgan fingerprint density at radius 2 is 1.67 bits per heavy atom. The van der Waals surface area contributed by atoms with Gasteiger partial charge in [-0.3, -0.25) is 19.2 Å². The Morgan fingerprint density at radius 1 is 1.07 bits per heavy atom. The van der Waals surface area contributed by atoms with Gasteiger partial charge in [-0.05, 0) is 25.7 Å². The number of aliphatic hydroxyl groups is 1. The van der Waals surface area contributed by atoms with Gasteiger partial charge in [0.15, 0.2) is 0 Å². The number of aliphatic carboxylic acids is 2. The first-order valence-electron chi connectivity index (χ1n) is 9.66. The lowest BCUT2D eigenvalue weighted by atomic mass is 10.0. The number of hydrogen-bond acceptors (Lipinski definition) is 7. The molecule has 0 bridgehead atoms. The molecule has 0 aliphatic carbocycles. The number of likely N-dealkylation sites (tertiary alicyclic amines) is 1. The lowest BCUT2D eigenvalue weighted by Crippen LogP contribution is -2.60. The smallest absolute Gasteiger partial charge is 0.326 e. The molecule has 0 aromatic carbocycles. The Morgan fingerprint density at radius 3 is 2.13 bits per heavy atom. The van der Waals surface area contributed by atoms with Crippen LogP contribution in [0.5, 0.6) is 0 Å². The van der Waals surface area contributed by atoms with Gasteiger partial charge in [0.1, 0.15) is 18.1 Å². The number of amides is 3. The van der Waals surface area contributed by atoms with E-state index in [-0.39, 0.29) is 18.9 Å². The molecule has 1 saturated heterocycles. The summed E-state index contributed by atoms with van der Waals surface area (Å²) in [5.41, 5.74) is 5.73. The van der Waals surface area contributed by atoms with Crippen molar-refractivity contribution in [2.24, 2.45) is 11.7 Å². The Balaban J connectivity index is 2.99. The van der Waals surface area contributed by atoms with E-state index in [0.29, 0.717) is 6.42 Å². The Hall–Kier alpha value is -2.73. The van der Waals surface area contributed by atoms with Crippen molar-refractivity contribution in [1.29, 1.82) is 0 Å². The van der Waals surface area contributed by atoms with Crippen LogP contribution in [0, 0.1) is 5.92 Å². The number of carboxylic acids is 2. The van der Waals surface area contributed by atoms with E-state index < -0.39 is 66.4 Å². The fourth-order valence-corrected chi connectivity index (χ4v) is 3.08. The number of nitrogens with two attached hydrogens (primary N) is 1. The minimum Gasteiger partial charge on any atom is -0.481 e. The topological polar surface area (TPSA) is 199 Å². The first-order valence-corrected chi connectivity index (χ1v) is 9.66. The summed E-state index contributed by atoms with van der Waals surface area (Å²) in [7, 11) is 0. The van der Waals surface area contributed by atoms with Crippen LogP contribution in [-0.2, 0) is 24.0 Å². The van der Waals surface area contributed by atoms with Crippen molar-refractivity contribution in [3.05, 3.63) is 0 Å². The molecule has 30 heavy (non-hydrogen) atoms. The maximum Gasteiger partial charge on any atom is 0.326 e. The second-order valence-electron chi connectivity index (χ2n) is 7.68. The fourth-order valence-electron chi connectivity index (χ4n) is 3.08. The summed E-state index contributed by atoms with van der Waals surface area (Å²) < 4.78 is 0. The summed E-state index contributed by atoms with van der Waals surface area (Å²) in [6.07, 6.45) is -1.52. The Kier molecular flexibility index (Phi) is 9.18. The predicted molar refractivity (Wildman–Crippen MR) is 103 cm³/mol. The van der Waals surface area contributed by atoms with Gasteiger partial charge < -0.3 is 36.6 Å². The highest BCUT2D eigenvalue weighted by atomic mass is 16.4. The zero-order valence-electron chi connectivity index (χ0n) is 17.2. The molecule has 7 N–H and O–H groups in total. The standard InChI is InChI=1S/C18H30N4O8/c1-8(2)13(19)15(26)21-14(9(3)23)16(27)20-10(7-12(24)25)17(28)22-6-4-5-11(22)18(29)30/h8-11,13-14,23H,4-7,19H2,1-3H3,(H,20,27)(H,21,26)(H,24,25)(H,29,30). The van der Waals surface area contributed by atoms with Gasteiger partial charge in [-0.15, -0.1) is 0 Å². The van der Waals surface area contributed by atoms with Crippen molar-refractivity contribution < 1.29 is 39.3 Å². The molecule has 12 nitrogen and oxygen atoms in total. The molecule has 12 heteroatoms. The zero-order chi connectivity index (χ0) is 23.2. The van der Waals surface area contributed by atoms with Gasteiger partial charge >= 0.3 is 11.9 Å². The van der Waals surface area contributed by atoms with Gasteiger partial charge in [0, 0.05) is 6.54 Å². The van der Waals surface area contributed by atoms with Gasteiger partial charge in [0.2, 0.25) is 17.7 Å². The third-order valence-electron chi connectivity index (χ3n) is 4.90. The molecule has 1 fully saturated rings. The summed E-state index contributed by atoms with van der Waals surface area (Å²) >= 11 is 0. The molecular formula is C18H30N4O8. The highest BCUT2D eigenvalue weighted by Crippen LogP contribution is 2.19. The molecule has 0 aromatic rings. The average molecular weight is 430 g/mol. The van der Waals surface area contributed by atoms with Crippen molar-refractivity contribution in [3.8, 4) is 0 Å². The molecule has 0 radical (unpaired) electrons. The van der Waals surface area contributed by atoms with Crippen LogP contribution >= 0.6 is 0 Å². The third kappa shape index (κ3) is 6.66. The SMILES string of the molecule is CC(C)C(N)C(=O)NC(C(=O)NC(CC(=O)O)C(=O)N1CCCC1C(=O)O)C(C)O. The largest absolute Gasteiger partial charge is 0.481 e. The predicted octanol–water partition coefficient (Wildman–Crippen LogP) is -2.13. The number of hydrogen-bond donors (Lipinski definition) is 6. The van der Waals surface area contributed by atoms with Crippen LogP contribution in [0.2, 0.25) is 0 Å². The number of carbonyl (C=O) groups is 5. The second-order valence-corrected chi connectivity index (χ2v) is 7.68. The lowest BCUT2D eigenvalue weighted by molar-refractivity contribution is -0.151. The van der Waals surface area contributed by atoms with Gasteiger partial charge in [0.25, 0.3) is 0 Å². The van der Waals surface area contributed by atoms with E-state index in [1.54, 1.807) is 13.8 Å². The molecular weight excluding hydrogens is 400 g/mol. The number of aliphatic hydroxyl groups excluding tert-OH is 1. The minimum absolute atomic E-state index is 0.113. The van der Waals surface area contributed by atoms with E-state index in [4.69, 9.17) is 10.8 Å². The third-order valence-corrected chi connectivity index (χ3v) is 4.90. The number of nitrogens with one attached hydrogen (secondary N) is 2. The monoisotopic (exact) mass is 430 g/mol. The lowest BCUT2D eigenvalue weighted by Gasteiger charge is -2.29. The summed E-state index contributed by atoms with van der Waals surface area (Å²) in [6, 6.07) is -5.11. The molecule has 5 atom stereocenters. The van der Waals surface area contributed by atoms with Crippen LogP contribution in [0.4, 0.5) is 0 Å². The molecule has 1 heterocycles. The van der Waals surface area contributed by atoms with E-state index in [0.717, 1.165) is 4.90 Å². The van der Waals surface area contributed by atoms with Crippen LogP contribution in [-0.4, -0.2) is 86.7 Å². The van der Waals surface area contributed by atoms with Crippen LogP contribution in [0.3, 0.4) is 0 Å². The maximum atomic E-state index is 12.8. The van der Waals surface area contributed by atoms with Gasteiger partial charge in [-0.2, -0.15) is 0 Å². The van der Waals surface area contributed by atoms with Gasteiger partial charge in [-0.25, -0.2) is 4.79 Å². The summed E-state index contributed by atoms with van der Waals surface area (Å²) in [6.45, 7) is 4.73. The number of nitrogens with zero attached hydrogens (tertiary/aromatic N) is 1. The second kappa shape index (κ2) is 10.9. The molecule has 3 amide bonds. The van der Waals surface area contributed by atoms with Crippen LogP contribution in [0.25, 0.3) is 0 Å². The first kappa shape index (κ1) is 25.3. The normalized spacial score (nSPS) is 20.2. The minimum atomic E-state index is -1.56. The van der Waals surface area contributed by atoms with E-state index >= 15 is 0 Å². The first-order chi connectivity index (χ1) is 13.9. The van der Waals surface area contributed by atoms with E-state index in [9.17, 15) is 34.2 Å². The number of carboxylic acid groups (broad SMARTS) is 2. The van der Waals surface area contributed by atoms with E-state index in [1.807, 2.05) is 0 Å². The Labute approximate surface area is 173 Å². The highest BCUT2D eigenvalue weighted by Gasteiger charge is 2.39. The molecule has 0 saturated carbocycles. The molecule has 5 unspecified atom stereocenters. The van der Waals surface area contributed by atoms with Crippen molar-refractivity contribution >= 4 is 29.7 Å². The van der Waals surface area contributed by atoms with Gasteiger partial charge in [0.05, 0.1) is 18.6 Å². The molecule has 1 aliphatic rings. The van der Waals surface area contributed by atoms with E-state index in [1.165, 1.54) is 6.92 Å².